The fourth-order valence-corrected chi connectivity index (χ4v) is 3.44. The van der Waals surface area contributed by atoms with Gasteiger partial charge in [0.1, 0.15) is 0 Å². The second-order valence-corrected chi connectivity index (χ2v) is 6.25. The van der Waals surface area contributed by atoms with Crippen LogP contribution in [0.15, 0.2) is 34.9 Å². The predicted octanol–water partition coefficient (Wildman–Crippen LogP) is 2.68. The molecule has 0 fully saturated rings. The van der Waals surface area contributed by atoms with Crippen molar-refractivity contribution >= 4 is 27.7 Å². The first kappa shape index (κ1) is 12.5. The summed E-state index contributed by atoms with van der Waals surface area (Å²) in [4.78, 5) is 0.372. The lowest BCUT2D eigenvalue weighted by molar-refractivity contribution is 0.510. The Labute approximate surface area is 107 Å². The molecule has 5 heteroatoms. The maximum absolute atomic E-state index is 12.2. The quantitative estimate of drug-likeness (QED) is 0.793. The molecule has 3 nitrogen and oxygen atoms in total. The molecular weight excluding hydrogens is 258 g/mol. The molecule has 1 aromatic rings. The summed E-state index contributed by atoms with van der Waals surface area (Å²) in [6.45, 7) is 0. The summed E-state index contributed by atoms with van der Waals surface area (Å²) in [6.07, 6.45) is 3.37. The molecule has 0 atom stereocenters. The molecule has 0 amide bonds. The first-order chi connectivity index (χ1) is 8.07. The van der Waals surface area contributed by atoms with Gasteiger partial charge in [-0.1, -0.05) is 18.2 Å². The molecule has 2 rings (SSSR count). The molecule has 1 aromatic carbocycles. The van der Waals surface area contributed by atoms with Gasteiger partial charge in [-0.2, -0.15) is 0 Å². The van der Waals surface area contributed by atoms with Crippen LogP contribution in [-0.2, 0) is 10.0 Å². The van der Waals surface area contributed by atoms with Gasteiger partial charge in [-0.25, -0.2) is 8.42 Å². The zero-order valence-electron chi connectivity index (χ0n) is 9.56. The van der Waals surface area contributed by atoms with Crippen molar-refractivity contribution in [3.05, 3.63) is 35.5 Å². The summed E-state index contributed by atoms with van der Waals surface area (Å²) < 4.78 is 25.8. The van der Waals surface area contributed by atoms with Crippen LogP contribution >= 0.6 is 11.6 Å². The molecule has 0 aliphatic carbocycles. The van der Waals surface area contributed by atoms with Gasteiger partial charge in [0, 0.05) is 18.6 Å². The van der Waals surface area contributed by atoms with E-state index in [1.54, 1.807) is 19.2 Å². The van der Waals surface area contributed by atoms with Crippen molar-refractivity contribution in [3.8, 4) is 0 Å². The minimum absolute atomic E-state index is 0.372. The lowest BCUT2D eigenvalue weighted by atomic mass is 10.1. The van der Waals surface area contributed by atoms with Crippen LogP contribution in [0.5, 0.6) is 0 Å². The molecule has 0 radical (unpaired) electrons. The van der Waals surface area contributed by atoms with Crippen molar-refractivity contribution in [1.29, 1.82) is 0 Å². The lowest BCUT2D eigenvalue weighted by Gasteiger charge is -2.27. The first-order valence-electron chi connectivity index (χ1n) is 5.42. The Morgan fingerprint density at radius 2 is 2.00 bits per heavy atom. The van der Waals surface area contributed by atoms with Gasteiger partial charge in [0.05, 0.1) is 4.90 Å². The van der Waals surface area contributed by atoms with Crippen molar-refractivity contribution in [1.82, 2.24) is 4.31 Å². The van der Waals surface area contributed by atoms with Crippen LogP contribution in [0.1, 0.15) is 18.4 Å². The van der Waals surface area contributed by atoms with Gasteiger partial charge in [-0.3, -0.25) is 4.31 Å². The minimum atomic E-state index is -3.38. The second kappa shape index (κ2) is 4.70. The van der Waals surface area contributed by atoms with Gasteiger partial charge in [0.2, 0.25) is 0 Å². The molecule has 17 heavy (non-hydrogen) atoms. The number of halogens is 1. The number of allylic oxidation sites excluding steroid dienone is 1. The Kier molecular flexibility index (Phi) is 3.45. The Morgan fingerprint density at radius 3 is 2.71 bits per heavy atom. The molecule has 1 heterocycles. The number of hydrogen-bond acceptors (Lipinski definition) is 2. The minimum Gasteiger partial charge on any atom is -0.273 e. The summed E-state index contributed by atoms with van der Waals surface area (Å²) in [7, 11) is -1.79. The van der Waals surface area contributed by atoms with Crippen LogP contribution in [0, 0.1) is 0 Å². The van der Waals surface area contributed by atoms with Crippen LogP contribution in [0.25, 0.3) is 6.08 Å². The Bertz CT molecular complexity index is 551. The highest BCUT2D eigenvalue weighted by atomic mass is 35.5. The maximum Gasteiger partial charge on any atom is 0.264 e. The highest BCUT2D eigenvalue weighted by Crippen LogP contribution is 2.31. The van der Waals surface area contributed by atoms with E-state index in [1.165, 1.54) is 4.31 Å². The van der Waals surface area contributed by atoms with Crippen molar-refractivity contribution in [2.45, 2.75) is 17.7 Å². The molecule has 1 aliphatic rings. The topological polar surface area (TPSA) is 37.4 Å². The SMILES string of the molecule is CN1C(CCCCl)=Cc2ccccc2S1(=O)=O. The largest absolute Gasteiger partial charge is 0.273 e. The van der Waals surface area contributed by atoms with E-state index >= 15 is 0 Å². The average molecular weight is 272 g/mol. The Balaban J connectivity index is 2.49. The van der Waals surface area contributed by atoms with Gasteiger partial charge in [0.25, 0.3) is 10.0 Å². The van der Waals surface area contributed by atoms with E-state index in [1.807, 2.05) is 18.2 Å². The van der Waals surface area contributed by atoms with Gasteiger partial charge < -0.3 is 0 Å². The summed E-state index contributed by atoms with van der Waals surface area (Å²) >= 11 is 5.64. The third-order valence-electron chi connectivity index (χ3n) is 2.85. The van der Waals surface area contributed by atoms with E-state index in [0.717, 1.165) is 17.7 Å². The van der Waals surface area contributed by atoms with Gasteiger partial charge in [-0.05, 0) is 30.5 Å². The number of nitrogens with zero attached hydrogens (tertiary/aromatic N) is 1. The van der Waals surface area contributed by atoms with Crippen LogP contribution < -0.4 is 0 Å². The molecule has 92 valence electrons. The molecule has 1 aliphatic heterocycles. The number of fused-ring (bicyclic) bond motifs is 1. The summed E-state index contributed by atoms with van der Waals surface area (Å²) in [6, 6.07) is 7.04. The van der Waals surface area contributed by atoms with Gasteiger partial charge >= 0.3 is 0 Å². The summed E-state index contributed by atoms with van der Waals surface area (Å²) in [5.74, 6) is 0.535. The van der Waals surface area contributed by atoms with Crippen molar-refractivity contribution in [2.75, 3.05) is 12.9 Å². The van der Waals surface area contributed by atoms with Crippen molar-refractivity contribution in [3.63, 3.8) is 0 Å². The third-order valence-corrected chi connectivity index (χ3v) is 5.00. The second-order valence-electron chi connectivity index (χ2n) is 3.94. The zero-order valence-corrected chi connectivity index (χ0v) is 11.1. The summed E-state index contributed by atoms with van der Waals surface area (Å²) in [5, 5.41) is 0. The van der Waals surface area contributed by atoms with Crippen LogP contribution in [0.3, 0.4) is 0 Å². The molecular formula is C12H14ClNO2S. The molecule has 0 N–H and O–H groups in total. The third kappa shape index (κ3) is 2.19. The molecule has 0 bridgehead atoms. The molecule has 0 unspecified atom stereocenters. The maximum atomic E-state index is 12.2. The Hall–Kier alpha value is -1.00. The lowest BCUT2D eigenvalue weighted by Crippen LogP contribution is -2.29. The highest BCUT2D eigenvalue weighted by molar-refractivity contribution is 7.89. The normalized spacial score (nSPS) is 17.5. The average Bonchev–Trinajstić information content (AvgIpc) is 2.32. The monoisotopic (exact) mass is 271 g/mol. The number of hydrogen-bond donors (Lipinski definition) is 0. The Morgan fingerprint density at radius 1 is 1.29 bits per heavy atom. The highest BCUT2D eigenvalue weighted by Gasteiger charge is 2.28. The fraction of sp³-hybridized carbons (Fsp3) is 0.333. The molecule has 0 saturated carbocycles. The zero-order chi connectivity index (χ0) is 12.5. The number of rotatable bonds is 3. The number of benzene rings is 1. The standard InChI is InChI=1S/C12H14ClNO2S/c1-14-11(6-4-8-13)9-10-5-2-3-7-12(10)17(14,15)16/h2-3,5,7,9H,4,6,8H2,1H3. The first-order valence-corrected chi connectivity index (χ1v) is 7.39. The van der Waals surface area contributed by atoms with Crippen molar-refractivity contribution < 1.29 is 8.42 Å². The number of alkyl halides is 1. The molecule has 0 aromatic heterocycles. The smallest absolute Gasteiger partial charge is 0.264 e. The van der Waals surface area contributed by atoms with Crippen molar-refractivity contribution in [2.24, 2.45) is 0 Å². The van der Waals surface area contributed by atoms with Gasteiger partial charge in [0.15, 0.2) is 0 Å². The van der Waals surface area contributed by atoms with Crippen LogP contribution in [0.2, 0.25) is 0 Å². The number of sulfonamides is 1. The van der Waals surface area contributed by atoms with E-state index in [9.17, 15) is 8.42 Å². The van der Waals surface area contributed by atoms with Gasteiger partial charge in [-0.15, -0.1) is 11.6 Å². The summed E-state index contributed by atoms with van der Waals surface area (Å²) in [5.41, 5.74) is 1.56. The van der Waals surface area contributed by atoms with Crippen LogP contribution in [-0.4, -0.2) is 25.7 Å². The van der Waals surface area contributed by atoms with E-state index in [4.69, 9.17) is 11.6 Å². The van der Waals surface area contributed by atoms with E-state index in [0.29, 0.717) is 17.2 Å². The fourth-order valence-electron chi connectivity index (χ4n) is 1.88. The molecule has 0 saturated heterocycles. The van der Waals surface area contributed by atoms with E-state index in [-0.39, 0.29) is 0 Å². The van der Waals surface area contributed by atoms with E-state index in [2.05, 4.69) is 0 Å². The molecule has 0 spiro atoms. The predicted molar refractivity (Wildman–Crippen MR) is 69.3 cm³/mol. The van der Waals surface area contributed by atoms with E-state index < -0.39 is 10.0 Å². The van der Waals surface area contributed by atoms with Crippen LogP contribution in [0.4, 0.5) is 0 Å².